The van der Waals surface area contributed by atoms with Gasteiger partial charge in [0.2, 0.25) is 5.88 Å². The Hall–Kier alpha value is -11.7. The van der Waals surface area contributed by atoms with Crippen molar-refractivity contribution in [3.63, 3.8) is 0 Å². The first kappa shape index (κ1) is 81.9. The summed E-state index contributed by atoms with van der Waals surface area (Å²) < 4.78 is 19.6. The summed E-state index contributed by atoms with van der Waals surface area (Å²) in [5.74, 6) is 3.39. The second kappa shape index (κ2) is 33.0. The summed E-state index contributed by atoms with van der Waals surface area (Å²) in [6, 6.07) is 16.2. The fraction of sp³-hybridized carbons (Fsp3) is 0.436. The third kappa shape index (κ3) is 19.3. The lowest BCUT2D eigenvalue weighted by Crippen LogP contribution is -2.22. The number of carbonyl (C=O) groups is 1. The smallest absolute Gasteiger partial charge is 0.279 e. The van der Waals surface area contributed by atoms with Crippen LogP contribution in [0.5, 0.6) is 5.88 Å². The molecule has 1 aliphatic rings. The van der Waals surface area contributed by atoms with Crippen molar-refractivity contribution in [2.45, 2.75) is 219 Å². The van der Waals surface area contributed by atoms with Crippen molar-refractivity contribution in [2.24, 2.45) is 4.99 Å². The minimum Gasteiger partial charge on any atom is -0.476 e. The molecule has 30 nitrogen and oxygen atoms in total. The number of carbonyl (C=O) groups excluding carboxylic acids is 1. The number of aromatic nitrogens is 23. The molecule has 30 heteroatoms. The summed E-state index contributed by atoms with van der Waals surface area (Å²) in [7, 11) is 0. The monoisotopic (exact) mass is 1470 g/mol. The Bertz CT molecular complexity index is 5360. The van der Waals surface area contributed by atoms with Crippen LogP contribution >= 0.6 is 0 Å². The number of benzene rings is 1. The molecule has 13 aromatic heterocycles. The van der Waals surface area contributed by atoms with Crippen LogP contribution in [0.3, 0.4) is 0 Å². The minimum absolute atomic E-state index is 0. The number of nitrogens with zero attached hydrogens (tertiary/aromatic N) is 23. The number of aliphatic imine (C=N–C) groups is 1. The number of pyridine rings is 2. The average molecular weight is 1470 g/mol. The molecule has 0 spiro atoms. The molecule has 0 fully saturated rings. The van der Waals surface area contributed by atoms with E-state index < -0.39 is 0 Å². The van der Waals surface area contributed by atoms with Gasteiger partial charge in [-0.2, -0.15) is 4.98 Å². The van der Waals surface area contributed by atoms with Gasteiger partial charge in [-0.1, -0.05) is 37.8 Å². The SMILES string of the molecule is C.CC(C)(C)n1ccc2c(N)ccnc21.CC(C)(C)n1cnc2c(N)ccnc21.CC(C)(C)n1cnc2c(NCc3ccccc3)ncnc21.CC(C)(C)n1cnc2c1N=CCC2=O.CC(C)n1cnc2cncnc21.CCOc1nc(C)nc2c1ncn2C(C)(C)C.Cc1nc2c(ncn2C(C)(C)C)c(=O)[nH]1. The zero-order valence-electron chi connectivity index (χ0n) is 66.0. The Balaban J connectivity index is 0.000000160. The Morgan fingerprint density at radius 1 is 0.528 bits per heavy atom. The number of H-pyrrole nitrogens is 1. The number of aryl methyl sites for hydroxylation is 2. The Labute approximate surface area is 630 Å². The number of nitrogens with one attached hydrogen (secondary N) is 2. The highest BCUT2D eigenvalue weighted by Gasteiger charge is 2.27. The van der Waals surface area contributed by atoms with Crippen molar-refractivity contribution in [2.75, 3.05) is 23.4 Å². The van der Waals surface area contributed by atoms with E-state index in [4.69, 9.17) is 16.2 Å². The highest BCUT2D eigenvalue weighted by atomic mass is 16.5. The van der Waals surface area contributed by atoms with Gasteiger partial charge in [-0.3, -0.25) is 9.59 Å². The average Bonchev–Trinajstić information content (AvgIpc) is 1.65. The molecule has 0 atom stereocenters. The van der Waals surface area contributed by atoms with Gasteiger partial charge in [0.15, 0.2) is 62.4 Å². The third-order valence-corrected chi connectivity index (χ3v) is 16.6. The van der Waals surface area contributed by atoms with Crippen LogP contribution in [-0.4, -0.2) is 130 Å². The van der Waals surface area contributed by atoms with Crippen molar-refractivity contribution >= 4 is 102 Å². The highest BCUT2D eigenvalue weighted by molar-refractivity contribution is 6.08. The predicted octanol–water partition coefficient (Wildman–Crippen LogP) is 14.8. The third-order valence-electron chi connectivity index (χ3n) is 16.6. The van der Waals surface area contributed by atoms with E-state index in [0.29, 0.717) is 65.0 Å². The van der Waals surface area contributed by atoms with Crippen molar-refractivity contribution in [3.05, 3.63) is 157 Å². The van der Waals surface area contributed by atoms with Crippen molar-refractivity contribution < 1.29 is 9.53 Å². The molecule has 0 amide bonds. The van der Waals surface area contributed by atoms with Crippen LogP contribution in [0.2, 0.25) is 0 Å². The molecule has 0 bridgehead atoms. The van der Waals surface area contributed by atoms with Crippen molar-refractivity contribution in [1.82, 2.24) is 112 Å². The highest BCUT2D eigenvalue weighted by Crippen LogP contribution is 2.31. The number of nitrogen functional groups attached to an aromatic ring is 2. The fourth-order valence-electron chi connectivity index (χ4n) is 11.1. The largest absolute Gasteiger partial charge is 0.476 e. The van der Waals surface area contributed by atoms with Crippen LogP contribution in [-0.2, 0) is 39.8 Å². The molecule has 1 aliphatic heterocycles. The molecule has 0 saturated heterocycles. The lowest BCUT2D eigenvalue weighted by molar-refractivity contribution is 0.0996. The van der Waals surface area contributed by atoms with Crippen LogP contribution in [0.1, 0.15) is 193 Å². The summed E-state index contributed by atoms with van der Waals surface area (Å²) in [5, 5.41) is 4.37. The molecule has 14 aromatic rings. The summed E-state index contributed by atoms with van der Waals surface area (Å²) in [4.78, 5) is 93.8. The number of ketones is 1. The van der Waals surface area contributed by atoms with Crippen LogP contribution in [0.4, 0.5) is 23.0 Å². The van der Waals surface area contributed by atoms with Crippen molar-refractivity contribution in [3.8, 4) is 5.88 Å². The zero-order chi connectivity index (χ0) is 78.3. The first-order valence-corrected chi connectivity index (χ1v) is 35.5. The van der Waals surface area contributed by atoms with Gasteiger partial charge in [0, 0.05) is 88.1 Å². The van der Waals surface area contributed by atoms with Crippen LogP contribution in [0.15, 0.2) is 134 Å². The quantitative estimate of drug-likeness (QED) is 0.120. The molecule has 0 aliphatic carbocycles. The first-order chi connectivity index (χ1) is 50.2. The van der Waals surface area contributed by atoms with Gasteiger partial charge >= 0.3 is 0 Å². The van der Waals surface area contributed by atoms with E-state index in [1.165, 1.54) is 5.56 Å². The van der Waals surface area contributed by atoms with Crippen LogP contribution in [0.25, 0.3) is 66.9 Å². The molecular weight excluding hydrogens is 1360 g/mol. The Morgan fingerprint density at radius 2 is 1.06 bits per heavy atom. The van der Waals surface area contributed by atoms with Gasteiger partial charge in [0.25, 0.3) is 5.56 Å². The molecule has 0 saturated carbocycles. The first-order valence-electron chi connectivity index (χ1n) is 35.5. The number of rotatable bonds is 6. The summed E-state index contributed by atoms with van der Waals surface area (Å²) in [5.41, 5.74) is 23.0. The molecule has 6 N–H and O–H groups in total. The van der Waals surface area contributed by atoms with E-state index in [-0.39, 0.29) is 52.0 Å². The number of ether oxygens (including phenoxy) is 1. The summed E-state index contributed by atoms with van der Waals surface area (Å²) in [6.45, 7) is 48.9. The summed E-state index contributed by atoms with van der Waals surface area (Å²) >= 11 is 0. The second-order valence-corrected chi connectivity index (χ2v) is 31.8. The second-order valence-electron chi connectivity index (χ2n) is 31.8. The number of fused-ring (bicyclic) bond motifs is 7. The van der Waals surface area contributed by atoms with Crippen LogP contribution < -0.4 is 27.1 Å². The molecule has 0 unspecified atom stereocenters. The van der Waals surface area contributed by atoms with Gasteiger partial charge in [0.1, 0.15) is 46.5 Å². The number of hydrogen-bond donors (Lipinski definition) is 4. The topological polar surface area (TPSA) is 363 Å². The molecule has 14 heterocycles. The molecular formula is C78H107N27O3. The molecule has 1 aromatic carbocycles. The van der Waals surface area contributed by atoms with Gasteiger partial charge < -0.3 is 58.5 Å². The van der Waals surface area contributed by atoms with E-state index in [2.05, 4.69) is 229 Å². The lowest BCUT2D eigenvalue weighted by Gasteiger charge is -2.22. The maximum atomic E-state index is 11.6. The Kier molecular flexibility index (Phi) is 25.0. The van der Waals surface area contributed by atoms with E-state index in [1.54, 1.807) is 82.1 Å². The maximum absolute atomic E-state index is 11.6. The zero-order valence-corrected chi connectivity index (χ0v) is 66.0. The number of nitrogens with two attached hydrogens (primary N) is 2. The minimum atomic E-state index is -0.180. The standard InChI is InChI=1S/C16H19N5.C12H18N4O.C11H15N3.C10H14N4O.C10H14N4.C10H13N3O.C8H10N4.CH4/c1-16(2,3)21-11-20-13-14(18-10-19-15(13)21)17-9-12-7-5-4-6-8-12;1-6-17-11-9-10(14-8(2)15-11)16(7-13-9)12(3,4)5;1-11(2,3)14-7-5-8-9(12)4-6-13-10(8)14;1-6-12-8-7(9(15)13-6)11-5-14(8)10(2,3)4;1-10(2,3)14-6-13-8-7(11)4-5-12-9(8)14;1-10(2,3)13-6-12-8-7(14)4-5-11-9(8)13;1-6(2)12-5-11-7-3-9-4-10-8(7)12;/h4-8,10-11H,9H2,1-3H3,(H,17,18,19);7H,6H2,1-5H3;4-7H,1-3H3,(H2,12,13);5H,1-4H3,(H,12,13,15);4-6H,1-3H3,(H2,11,12);5-6H,4H2,1-3H3;3-6H,1-2H3;1H4. The van der Waals surface area contributed by atoms with Crippen LogP contribution in [0, 0.1) is 13.8 Å². The summed E-state index contributed by atoms with van der Waals surface area (Å²) in [6.07, 6.45) is 22.9. The number of imidazole rings is 6. The van der Waals surface area contributed by atoms with Gasteiger partial charge in [0.05, 0.1) is 56.5 Å². The molecule has 572 valence electrons. The van der Waals surface area contributed by atoms with E-state index in [0.717, 1.165) is 73.7 Å². The van der Waals surface area contributed by atoms with E-state index in [1.807, 2.05) is 100 Å². The molecule has 0 radical (unpaired) electrons. The Morgan fingerprint density at radius 3 is 1.65 bits per heavy atom. The number of anilines is 3. The number of aromatic amines is 1. The van der Waals surface area contributed by atoms with E-state index in [9.17, 15) is 9.59 Å². The van der Waals surface area contributed by atoms with E-state index >= 15 is 0 Å². The van der Waals surface area contributed by atoms with Gasteiger partial charge in [-0.05, 0) is 183 Å². The molecule has 108 heavy (non-hydrogen) atoms. The van der Waals surface area contributed by atoms with Crippen molar-refractivity contribution in [1.29, 1.82) is 0 Å². The lowest BCUT2D eigenvalue weighted by atomic mass is 10.1. The number of hydrogen-bond acceptors (Lipinski definition) is 22. The van der Waals surface area contributed by atoms with Gasteiger partial charge in [-0.15, -0.1) is 0 Å². The normalized spacial score (nSPS) is 12.4. The van der Waals surface area contributed by atoms with Gasteiger partial charge in [-0.25, -0.2) is 74.8 Å². The number of Topliss-reactive ketones (excluding diaryl/α,β-unsaturated/α-hetero) is 1. The maximum Gasteiger partial charge on any atom is 0.279 e. The predicted molar refractivity (Wildman–Crippen MR) is 431 cm³/mol. The molecule has 15 rings (SSSR count). The fourth-order valence-corrected chi connectivity index (χ4v) is 11.1.